The van der Waals surface area contributed by atoms with E-state index < -0.39 is 0 Å². The number of hydrazone groups is 1. The van der Waals surface area contributed by atoms with Gasteiger partial charge in [-0.15, -0.1) is 0 Å². The number of nitrogens with zero attached hydrogens (tertiary/aromatic N) is 2. The molecule has 2 rings (SSSR count). The molecule has 0 radical (unpaired) electrons. The quantitative estimate of drug-likeness (QED) is 0.657. The van der Waals surface area contributed by atoms with Crippen molar-refractivity contribution < 1.29 is 4.79 Å². The molecule has 2 aromatic rings. The molecule has 0 aromatic heterocycles. The van der Waals surface area contributed by atoms with Gasteiger partial charge < -0.3 is 4.90 Å². The Morgan fingerprint density at radius 1 is 1.14 bits per heavy atom. The number of hydrogen-bond donors (Lipinski definition) is 1. The van der Waals surface area contributed by atoms with Gasteiger partial charge in [-0.3, -0.25) is 4.79 Å². The Labute approximate surface area is 131 Å². The molecule has 4 nitrogen and oxygen atoms in total. The van der Waals surface area contributed by atoms with Crippen LogP contribution in [0.2, 0.25) is 0 Å². The normalized spacial score (nSPS) is 10.6. The zero-order valence-electron chi connectivity index (χ0n) is 13.0. The number of nitrogens with one attached hydrogen (secondary N) is 1. The molecular formula is C18H21N3O. The van der Waals surface area contributed by atoms with Crippen LogP contribution in [0.15, 0.2) is 59.7 Å². The monoisotopic (exact) mass is 295 g/mol. The van der Waals surface area contributed by atoms with Gasteiger partial charge in [-0.05, 0) is 30.2 Å². The number of anilines is 1. The van der Waals surface area contributed by atoms with E-state index in [0.29, 0.717) is 0 Å². The lowest BCUT2D eigenvalue weighted by Gasteiger charge is -2.23. The van der Waals surface area contributed by atoms with Crippen LogP contribution in [0.3, 0.4) is 0 Å². The highest BCUT2D eigenvalue weighted by molar-refractivity contribution is 5.82. The number of carbonyl (C=O) groups is 1. The van der Waals surface area contributed by atoms with Crippen LogP contribution in [0, 0.1) is 0 Å². The van der Waals surface area contributed by atoms with Crippen LogP contribution in [-0.4, -0.2) is 18.7 Å². The molecular weight excluding hydrogens is 274 g/mol. The molecule has 4 heteroatoms. The molecule has 2 aromatic carbocycles. The van der Waals surface area contributed by atoms with Crippen LogP contribution in [0.5, 0.6) is 0 Å². The summed E-state index contributed by atoms with van der Waals surface area (Å²) in [5, 5.41) is 3.87. The third-order valence-electron chi connectivity index (χ3n) is 3.29. The third kappa shape index (κ3) is 4.74. The van der Waals surface area contributed by atoms with E-state index in [2.05, 4.69) is 58.7 Å². The van der Waals surface area contributed by atoms with Crippen molar-refractivity contribution in [3.8, 4) is 0 Å². The lowest BCUT2D eigenvalue weighted by atomic mass is 10.1. The maximum Gasteiger partial charge on any atom is 0.236 e. The largest absolute Gasteiger partial charge is 0.367 e. The SMILES string of the molecule is CCN(Cc1ccccc1)c1ccc(/C=N\NC(C)=O)cc1. The van der Waals surface area contributed by atoms with Crippen LogP contribution in [0.4, 0.5) is 5.69 Å². The highest BCUT2D eigenvalue weighted by Crippen LogP contribution is 2.17. The number of hydrogen-bond acceptors (Lipinski definition) is 3. The molecule has 0 aliphatic carbocycles. The van der Waals surface area contributed by atoms with Crippen LogP contribution < -0.4 is 10.3 Å². The number of amides is 1. The molecule has 0 aliphatic rings. The first-order chi connectivity index (χ1) is 10.7. The summed E-state index contributed by atoms with van der Waals surface area (Å²) in [7, 11) is 0. The summed E-state index contributed by atoms with van der Waals surface area (Å²) in [5.41, 5.74) is 5.81. The van der Waals surface area contributed by atoms with Crippen LogP contribution in [0.1, 0.15) is 25.0 Å². The van der Waals surface area contributed by atoms with E-state index >= 15 is 0 Å². The van der Waals surface area contributed by atoms with Gasteiger partial charge in [0.25, 0.3) is 0 Å². The fourth-order valence-corrected chi connectivity index (χ4v) is 2.16. The molecule has 0 aliphatic heterocycles. The fourth-order valence-electron chi connectivity index (χ4n) is 2.16. The second-order valence-electron chi connectivity index (χ2n) is 5.02. The molecule has 0 bridgehead atoms. The minimum Gasteiger partial charge on any atom is -0.367 e. The first kappa shape index (κ1) is 15.8. The Balaban J connectivity index is 2.04. The molecule has 114 valence electrons. The van der Waals surface area contributed by atoms with Gasteiger partial charge in [-0.25, -0.2) is 5.43 Å². The van der Waals surface area contributed by atoms with Gasteiger partial charge in [-0.1, -0.05) is 42.5 Å². The van der Waals surface area contributed by atoms with Crippen molar-refractivity contribution in [1.29, 1.82) is 0 Å². The predicted octanol–water partition coefficient (Wildman–Crippen LogP) is 3.18. The summed E-state index contributed by atoms with van der Waals surface area (Å²) < 4.78 is 0. The van der Waals surface area contributed by atoms with Gasteiger partial charge in [0.2, 0.25) is 5.91 Å². The Morgan fingerprint density at radius 2 is 1.82 bits per heavy atom. The maximum atomic E-state index is 10.8. The van der Waals surface area contributed by atoms with Gasteiger partial charge in [-0.2, -0.15) is 5.10 Å². The van der Waals surface area contributed by atoms with Gasteiger partial charge in [0.1, 0.15) is 0 Å². The molecule has 0 unspecified atom stereocenters. The van der Waals surface area contributed by atoms with E-state index in [0.717, 1.165) is 18.7 Å². The van der Waals surface area contributed by atoms with Gasteiger partial charge in [0.05, 0.1) is 6.21 Å². The smallest absolute Gasteiger partial charge is 0.236 e. The first-order valence-electron chi connectivity index (χ1n) is 7.37. The number of benzene rings is 2. The topological polar surface area (TPSA) is 44.7 Å². The Hall–Kier alpha value is -2.62. The van der Waals surface area contributed by atoms with E-state index in [1.807, 2.05) is 18.2 Å². The maximum absolute atomic E-state index is 10.8. The highest BCUT2D eigenvalue weighted by Gasteiger charge is 2.04. The summed E-state index contributed by atoms with van der Waals surface area (Å²) in [6.45, 7) is 5.41. The van der Waals surface area contributed by atoms with Crippen molar-refractivity contribution in [2.75, 3.05) is 11.4 Å². The Morgan fingerprint density at radius 3 is 2.41 bits per heavy atom. The predicted molar refractivity (Wildman–Crippen MR) is 91.0 cm³/mol. The average molecular weight is 295 g/mol. The third-order valence-corrected chi connectivity index (χ3v) is 3.29. The van der Waals surface area contributed by atoms with Crippen LogP contribution in [-0.2, 0) is 11.3 Å². The summed E-state index contributed by atoms with van der Waals surface area (Å²) in [6, 6.07) is 18.6. The lowest BCUT2D eigenvalue weighted by molar-refractivity contribution is -0.118. The zero-order valence-corrected chi connectivity index (χ0v) is 13.0. The van der Waals surface area contributed by atoms with Gasteiger partial charge >= 0.3 is 0 Å². The molecule has 0 fully saturated rings. The van der Waals surface area contributed by atoms with Crippen LogP contribution >= 0.6 is 0 Å². The molecule has 0 heterocycles. The minimum absolute atomic E-state index is 0.173. The minimum atomic E-state index is -0.173. The highest BCUT2D eigenvalue weighted by atomic mass is 16.2. The summed E-state index contributed by atoms with van der Waals surface area (Å²) in [4.78, 5) is 13.1. The van der Waals surface area contributed by atoms with Crippen molar-refractivity contribution in [2.24, 2.45) is 5.10 Å². The summed E-state index contributed by atoms with van der Waals surface area (Å²) >= 11 is 0. The molecule has 0 saturated heterocycles. The lowest BCUT2D eigenvalue weighted by Crippen LogP contribution is -2.21. The van der Waals surface area contributed by atoms with Gasteiger partial charge in [0, 0.05) is 25.7 Å². The Kier molecular flexibility index (Phi) is 5.72. The second kappa shape index (κ2) is 7.98. The molecule has 1 amide bonds. The van der Waals surface area contributed by atoms with Gasteiger partial charge in [0.15, 0.2) is 0 Å². The zero-order chi connectivity index (χ0) is 15.8. The molecule has 0 spiro atoms. The van der Waals surface area contributed by atoms with E-state index in [4.69, 9.17) is 0 Å². The molecule has 0 saturated carbocycles. The van der Waals surface area contributed by atoms with E-state index in [1.165, 1.54) is 18.2 Å². The van der Waals surface area contributed by atoms with Crippen molar-refractivity contribution in [2.45, 2.75) is 20.4 Å². The van der Waals surface area contributed by atoms with Crippen molar-refractivity contribution in [3.05, 3.63) is 65.7 Å². The van der Waals surface area contributed by atoms with Crippen molar-refractivity contribution in [3.63, 3.8) is 0 Å². The molecule has 22 heavy (non-hydrogen) atoms. The first-order valence-corrected chi connectivity index (χ1v) is 7.37. The Bertz CT molecular complexity index is 621. The average Bonchev–Trinajstić information content (AvgIpc) is 2.54. The number of rotatable bonds is 6. The second-order valence-corrected chi connectivity index (χ2v) is 5.02. The fraction of sp³-hybridized carbons (Fsp3) is 0.222. The summed E-state index contributed by atoms with van der Waals surface area (Å²) in [5.74, 6) is -0.173. The number of carbonyl (C=O) groups excluding carboxylic acids is 1. The summed E-state index contributed by atoms with van der Waals surface area (Å²) in [6.07, 6.45) is 1.64. The van der Waals surface area contributed by atoms with E-state index in [1.54, 1.807) is 6.21 Å². The van der Waals surface area contributed by atoms with Crippen LogP contribution in [0.25, 0.3) is 0 Å². The van der Waals surface area contributed by atoms with Crippen molar-refractivity contribution in [1.82, 2.24) is 5.43 Å². The molecule has 0 atom stereocenters. The van der Waals surface area contributed by atoms with Crippen molar-refractivity contribution >= 4 is 17.8 Å². The molecule has 1 N–H and O–H groups in total. The van der Waals surface area contributed by atoms with E-state index in [-0.39, 0.29) is 5.91 Å². The standard InChI is InChI=1S/C18H21N3O/c1-3-21(14-17-7-5-4-6-8-17)18-11-9-16(10-12-18)13-19-20-15(2)22/h4-13H,3,14H2,1-2H3,(H,20,22)/b19-13-. The van der Waals surface area contributed by atoms with E-state index in [9.17, 15) is 4.79 Å².